The summed E-state index contributed by atoms with van der Waals surface area (Å²) in [6.07, 6.45) is -0.608. The lowest BCUT2D eigenvalue weighted by Crippen LogP contribution is -2.41. The molecule has 0 aromatic heterocycles. The second-order valence-electron chi connectivity index (χ2n) is 2.93. The van der Waals surface area contributed by atoms with Crippen LogP contribution in [-0.2, 0) is 19.2 Å². The molecule has 0 aromatic carbocycles. The van der Waals surface area contributed by atoms with Crippen molar-refractivity contribution in [1.29, 1.82) is 0 Å². The highest BCUT2D eigenvalue weighted by atomic mass is 16.4. The molecule has 8 nitrogen and oxygen atoms in total. The highest BCUT2D eigenvalue weighted by Crippen LogP contribution is 1.97. The maximum absolute atomic E-state index is 10.6. The lowest BCUT2D eigenvalue weighted by Gasteiger charge is -2.11. The number of carboxylic acid groups (broad SMARTS) is 3. The van der Waals surface area contributed by atoms with Crippen molar-refractivity contribution in [2.24, 2.45) is 0 Å². The molecule has 16 heavy (non-hydrogen) atoms. The molecule has 0 saturated carbocycles. The molecule has 90 valence electrons. The quantitative estimate of drug-likeness (QED) is 0.373. The number of hydrogen-bond acceptors (Lipinski definition) is 5. The van der Waals surface area contributed by atoms with Gasteiger partial charge < -0.3 is 15.3 Å². The molecule has 0 saturated heterocycles. The van der Waals surface area contributed by atoms with Crippen LogP contribution in [0.4, 0.5) is 0 Å². The number of ketones is 1. The molecule has 0 aliphatic carbocycles. The van der Waals surface area contributed by atoms with E-state index in [1.54, 1.807) is 0 Å². The van der Waals surface area contributed by atoms with Gasteiger partial charge in [-0.25, -0.2) is 4.79 Å². The second-order valence-corrected chi connectivity index (χ2v) is 2.93. The normalized spacial score (nSPS) is 11.8. The second kappa shape index (κ2) is 6.51. The van der Waals surface area contributed by atoms with Gasteiger partial charge in [0.2, 0.25) is 0 Å². The lowest BCUT2D eigenvalue weighted by molar-refractivity contribution is -0.149. The summed E-state index contributed by atoms with van der Waals surface area (Å²) in [7, 11) is 0. The Morgan fingerprint density at radius 2 is 1.62 bits per heavy atom. The molecule has 0 aromatic rings. The molecule has 4 N–H and O–H groups in total. The average Bonchev–Trinajstić information content (AvgIpc) is 2.15. The molecule has 0 aliphatic heterocycles. The van der Waals surface area contributed by atoms with Gasteiger partial charge in [-0.15, -0.1) is 0 Å². The number of carbonyl (C=O) groups is 4. The van der Waals surface area contributed by atoms with Crippen molar-refractivity contribution in [3.05, 3.63) is 0 Å². The fourth-order valence-corrected chi connectivity index (χ4v) is 0.872. The van der Waals surface area contributed by atoms with Crippen LogP contribution in [0.2, 0.25) is 0 Å². The van der Waals surface area contributed by atoms with Crippen LogP contribution in [-0.4, -0.2) is 51.6 Å². The molecule has 0 rings (SSSR count). The summed E-state index contributed by atoms with van der Waals surface area (Å²) in [5.41, 5.74) is 0. The third kappa shape index (κ3) is 5.70. The van der Waals surface area contributed by atoms with Crippen LogP contribution >= 0.6 is 0 Å². The number of aliphatic carboxylic acids is 3. The summed E-state index contributed by atoms with van der Waals surface area (Å²) in [5, 5.41) is 27.3. The zero-order valence-electron chi connectivity index (χ0n) is 8.17. The van der Waals surface area contributed by atoms with Gasteiger partial charge in [0.15, 0.2) is 0 Å². The maximum Gasteiger partial charge on any atom is 0.373 e. The standard InChI is InChI=1S/C8H11NO7/c10-5(8(15)16)3-9-4(7(13)14)1-2-6(11)12/h4,9H,1-3H2,(H,11,12)(H,13,14)(H,15,16)/t4-/m0/s1. The smallest absolute Gasteiger partial charge is 0.373 e. The van der Waals surface area contributed by atoms with E-state index in [0.717, 1.165) is 0 Å². The van der Waals surface area contributed by atoms with Gasteiger partial charge in [0.05, 0.1) is 6.54 Å². The van der Waals surface area contributed by atoms with Crippen molar-refractivity contribution in [2.75, 3.05) is 6.54 Å². The topological polar surface area (TPSA) is 141 Å². The Labute approximate surface area is 89.9 Å². The van der Waals surface area contributed by atoms with Crippen molar-refractivity contribution in [2.45, 2.75) is 18.9 Å². The number of nitrogens with one attached hydrogen (secondary N) is 1. The van der Waals surface area contributed by atoms with Gasteiger partial charge in [-0.2, -0.15) is 0 Å². The van der Waals surface area contributed by atoms with Gasteiger partial charge in [0, 0.05) is 6.42 Å². The van der Waals surface area contributed by atoms with E-state index < -0.39 is 36.3 Å². The number of rotatable bonds is 8. The van der Waals surface area contributed by atoms with E-state index >= 15 is 0 Å². The first-order chi connectivity index (χ1) is 7.34. The fourth-order valence-electron chi connectivity index (χ4n) is 0.872. The van der Waals surface area contributed by atoms with Crippen molar-refractivity contribution < 1.29 is 34.5 Å². The fraction of sp³-hybridized carbons (Fsp3) is 0.500. The van der Waals surface area contributed by atoms with Gasteiger partial charge in [0.25, 0.3) is 5.78 Å². The zero-order valence-corrected chi connectivity index (χ0v) is 8.17. The summed E-state index contributed by atoms with van der Waals surface area (Å²) in [4.78, 5) is 41.5. The summed E-state index contributed by atoms with van der Waals surface area (Å²) in [5.74, 6) is -5.35. The molecule has 1 atom stereocenters. The molecule has 0 fully saturated rings. The van der Waals surface area contributed by atoms with E-state index in [-0.39, 0.29) is 12.8 Å². The first-order valence-electron chi connectivity index (χ1n) is 4.28. The predicted octanol–water partition coefficient (Wildman–Crippen LogP) is -1.45. The maximum atomic E-state index is 10.6. The number of carbonyl (C=O) groups excluding carboxylic acids is 1. The van der Waals surface area contributed by atoms with Gasteiger partial charge in [-0.3, -0.25) is 19.7 Å². The Bertz CT molecular complexity index is 312. The Morgan fingerprint density at radius 3 is 2.00 bits per heavy atom. The largest absolute Gasteiger partial charge is 0.481 e. The molecule has 0 unspecified atom stereocenters. The van der Waals surface area contributed by atoms with Crippen LogP contribution in [0.3, 0.4) is 0 Å². The monoisotopic (exact) mass is 233 g/mol. The Morgan fingerprint density at radius 1 is 1.06 bits per heavy atom. The molecule has 0 bridgehead atoms. The molecule has 0 heterocycles. The minimum absolute atomic E-state index is 0.225. The van der Waals surface area contributed by atoms with Gasteiger partial charge in [-0.1, -0.05) is 0 Å². The Hall–Kier alpha value is -1.96. The summed E-state index contributed by atoms with van der Waals surface area (Å²) in [6, 6.07) is -1.25. The molecule has 0 amide bonds. The van der Waals surface area contributed by atoms with Crippen LogP contribution < -0.4 is 5.32 Å². The van der Waals surface area contributed by atoms with E-state index in [2.05, 4.69) is 5.32 Å². The van der Waals surface area contributed by atoms with Crippen molar-refractivity contribution in [3.8, 4) is 0 Å². The molecule has 0 aliphatic rings. The molecular formula is C8H11NO7. The van der Waals surface area contributed by atoms with Crippen LogP contribution in [0.25, 0.3) is 0 Å². The molecule has 0 spiro atoms. The summed E-state index contributed by atoms with van der Waals surface area (Å²) in [6.45, 7) is -0.647. The van der Waals surface area contributed by atoms with Crippen LogP contribution in [0.15, 0.2) is 0 Å². The zero-order chi connectivity index (χ0) is 12.7. The number of Topliss-reactive ketones (excluding diaryl/α,β-unsaturated/α-hetero) is 1. The minimum Gasteiger partial charge on any atom is -0.481 e. The Balaban J connectivity index is 4.14. The van der Waals surface area contributed by atoms with Crippen molar-refractivity contribution in [1.82, 2.24) is 5.32 Å². The van der Waals surface area contributed by atoms with Crippen molar-refractivity contribution >= 4 is 23.7 Å². The van der Waals surface area contributed by atoms with E-state index in [1.807, 2.05) is 0 Å². The highest BCUT2D eigenvalue weighted by Gasteiger charge is 2.20. The van der Waals surface area contributed by atoms with Crippen LogP contribution in [0, 0.1) is 0 Å². The van der Waals surface area contributed by atoms with Crippen molar-refractivity contribution in [3.63, 3.8) is 0 Å². The van der Waals surface area contributed by atoms with Crippen LogP contribution in [0.5, 0.6) is 0 Å². The third-order valence-corrected chi connectivity index (χ3v) is 1.69. The molecular weight excluding hydrogens is 222 g/mol. The molecule has 0 radical (unpaired) electrons. The molecule has 8 heteroatoms. The van der Waals surface area contributed by atoms with E-state index in [0.29, 0.717) is 0 Å². The summed E-state index contributed by atoms with van der Waals surface area (Å²) >= 11 is 0. The highest BCUT2D eigenvalue weighted by molar-refractivity contribution is 6.33. The first kappa shape index (κ1) is 14.0. The average molecular weight is 233 g/mol. The third-order valence-electron chi connectivity index (χ3n) is 1.69. The van der Waals surface area contributed by atoms with Crippen LogP contribution in [0.1, 0.15) is 12.8 Å². The predicted molar refractivity (Wildman–Crippen MR) is 48.9 cm³/mol. The van der Waals surface area contributed by atoms with E-state index in [9.17, 15) is 19.2 Å². The first-order valence-corrected chi connectivity index (χ1v) is 4.28. The Kier molecular flexibility index (Phi) is 5.71. The van der Waals surface area contributed by atoms with Gasteiger partial charge in [0.1, 0.15) is 6.04 Å². The van der Waals surface area contributed by atoms with E-state index in [1.165, 1.54) is 0 Å². The SMILES string of the molecule is O=C(O)CC[C@H](NCC(=O)C(=O)O)C(=O)O. The minimum atomic E-state index is -1.67. The number of hydrogen-bond donors (Lipinski definition) is 4. The van der Waals surface area contributed by atoms with E-state index in [4.69, 9.17) is 15.3 Å². The number of carboxylic acids is 3. The van der Waals surface area contributed by atoms with Gasteiger partial charge >= 0.3 is 17.9 Å². The van der Waals surface area contributed by atoms with Gasteiger partial charge in [-0.05, 0) is 6.42 Å². The lowest BCUT2D eigenvalue weighted by atomic mass is 10.1. The summed E-state index contributed by atoms with van der Waals surface area (Å²) < 4.78 is 0.